The lowest BCUT2D eigenvalue weighted by atomic mass is 10.2. The van der Waals surface area contributed by atoms with E-state index in [1.807, 2.05) is 18.2 Å². The van der Waals surface area contributed by atoms with Crippen molar-refractivity contribution in [1.82, 2.24) is 10.2 Å². The summed E-state index contributed by atoms with van der Waals surface area (Å²) in [6.07, 6.45) is 0. The molecule has 0 unspecified atom stereocenters. The number of ether oxygens (including phenoxy) is 2. The maximum atomic E-state index is 12.2. The molecule has 0 amide bonds. The van der Waals surface area contributed by atoms with Crippen LogP contribution in [0.3, 0.4) is 0 Å². The predicted molar refractivity (Wildman–Crippen MR) is 97.9 cm³/mol. The minimum absolute atomic E-state index is 0.145. The van der Waals surface area contributed by atoms with Crippen LogP contribution in [-0.4, -0.2) is 31.8 Å². The molecule has 8 nitrogen and oxygen atoms in total. The van der Waals surface area contributed by atoms with Crippen LogP contribution in [0.1, 0.15) is 0 Å². The van der Waals surface area contributed by atoms with Crippen LogP contribution in [0, 0.1) is 0 Å². The summed E-state index contributed by atoms with van der Waals surface area (Å²) in [5.74, 6) is 1.98. The maximum absolute atomic E-state index is 12.2. The first-order valence-corrected chi connectivity index (χ1v) is 10.0. The van der Waals surface area contributed by atoms with Crippen LogP contribution in [0.25, 0.3) is 0 Å². The molecule has 0 fully saturated rings. The first-order valence-electron chi connectivity index (χ1n) is 7.67. The molecule has 3 heterocycles. The van der Waals surface area contributed by atoms with Crippen LogP contribution >= 0.6 is 11.3 Å². The number of benzene rings is 1. The molecule has 1 aromatic carbocycles. The fourth-order valence-electron chi connectivity index (χ4n) is 2.33. The molecule has 3 aromatic rings. The molecule has 26 heavy (non-hydrogen) atoms. The van der Waals surface area contributed by atoms with Crippen molar-refractivity contribution < 1.29 is 17.9 Å². The fourth-order valence-corrected chi connectivity index (χ4v) is 4.32. The Hall–Kier alpha value is -2.85. The third-order valence-corrected chi connectivity index (χ3v) is 6.23. The second-order valence-electron chi connectivity index (χ2n) is 5.32. The van der Waals surface area contributed by atoms with E-state index in [0.29, 0.717) is 30.5 Å². The molecule has 1 aliphatic heterocycles. The molecule has 0 bridgehead atoms. The summed E-state index contributed by atoms with van der Waals surface area (Å²) >= 11 is 1.13. The third-order valence-electron chi connectivity index (χ3n) is 3.48. The fraction of sp³-hybridized carbons (Fsp3) is 0.125. The number of thiophene rings is 1. The normalized spacial score (nSPS) is 13.2. The topological polar surface area (TPSA) is 102 Å². The van der Waals surface area contributed by atoms with E-state index in [0.717, 1.165) is 17.0 Å². The van der Waals surface area contributed by atoms with Gasteiger partial charge in [0, 0.05) is 11.8 Å². The van der Waals surface area contributed by atoms with Crippen LogP contribution in [-0.2, 0) is 10.0 Å². The second kappa shape index (κ2) is 6.81. The Labute approximate surface area is 153 Å². The lowest BCUT2D eigenvalue weighted by molar-refractivity contribution is 0.171. The smallest absolute Gasteiger partial charge is 0.272 e. The molecule has 0 saturated carbocycles. The van der Waals surface area contributed by atoms with Crippen LogP contribution in [0.2, 0.25) is 0 Å². The molecule has 2 N–H and O–H groups in total. The van der Waals surface area contributed by atoms with E-state index in [-0.39, 0.29) is 10.0 Å². The largest absolute Gasteiger partial charge is 0.486 e. The van der Waals surface area contributed by atoms with Gasteiger partial charge in [-0.1, -0.05) is 6.07 Å². The zero-order valence-electron chi connectivity index (χ0n) is 13.4. The summed E-state index contributed by atoms with van der Waals surface area (Å²) in [6.45, 7) is 1.05. The number of rotatable bonds is 5. The van der Waals surface area contributed by atoms with Gasteiger partial charge in [-0.15, -0.1) is 21.5 Å². The average Bonchev–Trinajstić information content (AvgIpc) is 3.19. The van der Waals surface area contributed by atoms with Gasteiger partial charge in [0.2, 0.25) is 0 Å². The Bertz CT molecular complexity index is 1010. The molecule has 0 radical (unpaired) electrons. The van der Waals surface area contributed by atoms with Crippen molar-refractivity contribution in [2.45, 2.75) is 4.21 Å². The Kier molecular flexibility index (Phi) is 4.35. The molecule has 0 saturated heterocycles. The van der Waals surface area contributed by atoms with Crippen LogP contribution in [0.5, 0.6) is 11.5 Å². The van der Waals surface area contributed by atoms with Gasteiger partial charge in [0.15, 0.2) is 23.1 Å². The number of sulfonamides is 1. The van der Waals surface area contributed by atoms with Crippen molar-refractivity contribution in [2.75, 3.05) is 23.3 Å². The van der Waals surface area contributed by atoms with Crippen molar-refractivity contribution in [3.05, 3.63) is 47.8 Å². The zero-order valence-corrected chi connectivity index (χ0v) is 15.0. The average molecular weight is 390 g/mol. The van der Waals surface area contributed by atoms with Gasteiger partial charge in [0.05, 0.1) is 0 Å². The molecule has 0 spiro atoms. The molecule has 10 heteroatoms. The lowest BCUT2D eigenvalue weighted by Gasteiger charge is -2.19. The highest BCUT2D eigenvalue weighted by Crippen LogP contribution is 2.33. The third kappa shape index (κ3) is 3.55. The number of aromatic nitrogens is 2. The highest BCUT2D eigenvalue weighted by molar-refractivity contribution is 7.94. The summed E-state index contributed by atoms with van der Waals surface area (Å²) in [5, 5.41) is 12.7. The van der Waals surface area contributed by atoms with Crippen molar-refractivity contribution in [1.29, 1.82) is 0 Å². The number of nitrogens with zero attached hydrogens (tertiary/aromatic N) is 2. The van der Waals surface area contributed by atoms with Crippen molar-refractivity contribution >= 4 is 38.7 Å². The molecule has 0 atom stereocenters. The van der Waals surface area contributed by atoms with E-state index in [9.17, 15) is 8.42 Å². The van der Waals surface area contributed by atoms with Gasteiger partial charge in [0.1, 0.15) is 17.4 Å². The summed E-state index contributed by atoms with van der Waals surface area (Å²) < 4.78 is 38.0. The Morgan fingerprint density at radius 2 is 1.73 bits per heavy atom. The van der Waals surface area contributed by atoms with Gasteiger partial charge >= 0.3 is 0 Å². The van der Waals surface area contributed by atoms with Gasteiger partial charge < -0.3 is 14.8 Å². The molecular formula is C16H14N4O4S2. The van der Waals surface area contributed by atoms with E-state index in [1.54, 1.807) is 23.6 Å². The lowest BCUT2D eigenvalue weighted by Crippen LogP contribution is -2.15. The van der Waals surface area contributed by atoms with Gasteiger partial charge in [-0.25, -0.2) is 8.42 Å². The summed E-state index contributed by atoms with van der Waals surface area (Å²) in [4.78, 5) is 0. The summed E-state index contributed by atoms with van der Waals surface area (Å²) in [5.41, 5.74) is 0.760. The minimum Gasteiger partial charge on any atom is -0.486 e. The highest BCUT2D eigenvalue weighted by atomic mass is 32.2. The Balaban J connectivity index is 1.46. The monoisotopic (exact) mass is 390 g/mol. The first-order chi connectivity index (χ1) is 12.6. The number of hydrogen-bond donors (Lipinski definition) is 2. The van der Waals surface area contributed by atoms with Crippen molar-refractivity contribution in [2.24, 2.45) is 0 Å². The molecule has 4 rings (SSSR count). The van der Waals surface area contributed by atoms with E-state index >= 15 is 0 Å². The minimum atomic E-state index is -3.64. The van der Waals surface area contributed by atoms with Gasteiger partial charge in [0.25, 0.3) is 10.0 Å². The Morgan fingerprint density at radius 3 is 2.46 bits per heavy atom. The van der Waals surface area contributed by atoms with Crippen LogP contribution in [0.4, 0.5) is 17.3 Å². The van der Waals surface area contributed by atoms with Gasteiger partial charge in [-0.05, 0) is 35.7 Å². The van der Waals surface area contributed by atoms with Gasteiger partial charge in [-0.2, -0.15) is 0 Å². The van der Waals surface area contributed by atoms with E-state index in [4.69, 9.17) is 9.47 Å². The van der Waals surface area contributed by atoms with E-state index in [2.05, 4.69) is 20.2 Å². The number of hydrogen-bond acceptors (Lipinski definition) is 8. The van der Waals surface area contributed by atoms with E-state index < -0.39 is 10.0 Å². The van der Waals surface area contributed by atoms with Crippen molar-refractivity contribution in [3.63, 3.8) is 0 Å². The van der Waals surface area contributed by atoms with E-state index in [1.165, 1.54) is 6.07 Å². The summed E-state index contributed by atoms with van der Waals surface area (Å²) in [7, 11) is -3.64. The Morgan fingerprint density at radius 1 is 0.962 bits per heavy atom. The quantitative estimate of drug-likeness (QED) is 0.690. The SMILES string of the molecule is O=S(=O)(Nc1ccc(Nc2ccc3c(c2)OCCO3)nn1)c1cccs1. The highest BCUT2D eigenvalue weighted by Gasteiger charge is 2.16. The number of anilines is 3. The molecule has 0 aliphatic carbocycles. The van der Waals surface area contributed by atoms with Crippen LogP contribution in [0.15, 0.2) is 52.1 Å². The molecule has 1 aliphatic rings. The first kappa shape index (κ1) is 16.6. The second-order valence-corrected chi connectivity index (χ2v) is 8.18. The zero-order chi connectivity index (χ0) is 18.0. The summed E-state index contributed by atoms with van der Waals surface area (Å²) in [6, 6.07) is 11.8. The van der Waals surface area contributed by atoms with Crippen LogP contribution < -0.4 is 19.5 Å². The van der Waals surface area contributed by atoms with Gasteiger partial charge in [-0.3, -0.25) is 4.72 Å². The number of fused-ring (bicyclic) bond motifs is 1. The molecule has 2 aromatic heterocycles. The predicted octanol–water partition coefficient (Wildman–Crippen LogP) is 2.85. The van der Waals surface area contributed by atoms with Crippen molar-refractivity contribution in [3.8, 4) is 11.5 Å². The standard InChI is InChI=1S/C16H14N4O4S2/c21-26(22,16-2-1-9-25-16)20-15-6-5-14(18-19-15)17-11-3-4-12-13(10-11)24-8-7-23-12/h1-6,9-10H,7-8H2,(H,17,18)(H,19,20). The number of nitrogens with one attached hydrogen (secondary N) is 2. The maximum Gasteiger partial charge on any atom is 0.272 e. The molecular weight excluding hydrogens is 376 g/mol. The molecule has 134 valence electrons.